The predicted molar refractivity (Wildman–Crippen MR) is 71.7 cm³/mol. The van der Waals surface area contributed by atoms with Crippen LogP contribution in [0.25, 0.3) is 0 Å². The van der Waals surface area contributed by atoms with E-state index in [0.717, 1.165) is 37.2 Å². The summed E-state index contributed by atoms with van der Waals surface area (Å²) in [5, 5.41) is 6.16. The Balaban J connectivity index is 1.67. The average Bonchev–Trinajstić information content (AvgIpc) is 2.48. The lowest BCUT2D eigenvalue weighted by atomic mass is 10.0. The zero-order valence-corrected chi connectivity index (χ0v) is 10.8. The Morgan fingerprint density at radius 2 is 2.05 bits per heavy atom. The molecule has 0 radical (unpaired) electrons. The van der Waals surface area contributed by atoms with Gasteiger partial charge in [0, 0.05) is 11.8 Å². The van der Waals surface area contributed by atoms with E-state index in [2.05, 4.69) is 10.6 Å². The van der Waals surface area contributed by atoms with E-state index in [0.29, 0.717) is 19.0 Å². The van der Waals surface area contributed by atoms with Crippen LogP contribution in [-0.4, -0.2) is 31.7 Å². The van der Waals surface area contributed by atoms with E-state index in [-0.39, 0.29) is 11.9 Å². The van der Waals surface area contributed by atoms with E-state index >= 15 is 0 Å². The molecule has 2 heterocycles. The third-order valence-corrected chi connectivity index (χ3v) is 3.44. The highest BCUT2D eigenvalue weighted by molar-refractivity contribution is 5.95. The maximum atomic E-state index is 12.1. The van der Waals surface area contributed by atoms with Crippen LogP contribution in [0, 0.1) is 0 Å². The molecule has 0 aliphatic carbocycles. The van der Waals surface area contributed by atoms with Crippen LogP contribution in [0.1, 0.15) is 19.3 Å². The quantitative estimate of drug-likeness (QED) is 0.848. The summed E-state index contributed by atoms with van der Waals surface area (Å²) < 4.78 is 10.9. The summed E-state index contributed by atoms with van der Waals surface area (Å²) in [6.07, 6.45) is 3.15. The fourth-order valence-electron chi connectivity index (χ4n) is 2.43. The van der Waals surface area contributed by atoms with Gasteiger partial charge < -0.3 is 20.1 Å². The molecule has 1 aromatic carbocycles. The van der Waals surface area contributed by atoms with E-state index in [4.69, 9.17) is 9.47 Å². The minimum atomic E-state index is -0.0815. The van der Waals surface area contributed by atoms with Gasteiger partial charge in [0.1, 0.15) is 13.2 Å². The summed E-state index contributed by atoms with van der Waals surface area (Å²) in [6.45, 7) is 2.04. The molecule has 0 spiro atoms. The number of carbonyl (C=O) groups excluding carboxylic acids is 1. The van der Waals surface area contributed by atoms with Crippen LogP contribution >= 0.6 is 0 Å². The molecular weight excluding hydrogens is 244 g/mol. The van der Waals surface area contributed by atoms with Crippen LogP contribution in [0.15, 0.2) is 18.2 Å². The number of hydrogen-bond acceptors (Lipinski definition) is 4. The standard InChI is InChI=1S/C14H18N2O3/c17-14(11-3-1-2-6-15-11)16-10-4-5-12-13(9-10)19-8-7-18-12/h4-5,9,11,15H,1-3,6-8H2,(H,16,17)/t11-/m1/s1. The number of benzene rings is 1. The molecule has 5 heteroatoms. The molecule has 1 fully saturated rings. The molecule has 1 atom stereocenters. The van der Waals surface area contributed by atoms with E-state index < -0.39 is 0 Å². The van der Waals surface area contributed by atoms with Gasteiger partial charge in [0.15, 0.2) is 11.5 Å². The minimum absolute atomic E-state index is 0.0244. The van der Waals surface area contributed by atoms with E-state index in [1.165, 1.54) is 0 Å². The SMILES string of the molecule is O=C(Nc1ccc2c(c1)OCCO2)[C@H]1CCCCN1. The molecule has 5 nitrogen and oxygen atoms in total. The molecule has 0 unspecified atom stereocenters. The Morgan fingerprint density at radius 3 is 2.84 bits per heavy atom. The average molecular weight is 262 g/mol. The van der Waals surface area contributed by atoms with E-state index in [9.17, 15) is 4.79 Å². The van der Waals surface area contributed by atoms with Gasteiger partial charge in [-0.05, 0) is 31.5 Å². The molecule has 1 amide bonds. The summed E-state index contributed by atoms with van der Waals surface area (Å²) in [4.78, 5) is 12.1. The topological polar surface area (TPSA) is 59.6 Å². The van der Waals surface area contributed by atoms with Crippen molar-refractivity contribution in [2.24, 2.45) is 0 Å². The van der Waals surface area contributed by atoms with Gasteiger partial charge in [0.05, 0.1) is 6.04 Å². The first-order valence-electron chi connectivity index (χ1n) is 6.77. The van der Waals surface area contributed by atoms with Crippen molar-refractivity contribution in [2.75, 3.05) is 25.1 Å². The van der Waals surface area contributed by atoms with Crippen molar-refractivity contribution in [3.8, 4) is 11.5 Å². The third-order valence-electron chi connectivity index (χ3n) is 3.44. The van der Waals surface area contributed by atoms with Crippen molar-refractivity contribution in [3.63, 3.8) is 0 Å². The highest BCUT2D eigenvalue weighted by atomic mass is 16.6. The molecule has 19 heavy (non-hydrogen) atoms. The first kappa shape index (κ1) is 12.3. The largest absolute Gasteiger partial charge is 0.486 e. The number of rotatable bonds is 2. The number of ether oxygens (including phenoxy) is 2. The molecule has 1 aromatic rings. The second-order valence-electron chi connectivity index (χ2n) is 4.85. The zero-order chi connectivity index (χ0) is 13.1. The van der Waals surface area contributed by atoms with Crippen molar-refractivity contribution in [1.82, 2.24) is 5.32 Å². The maximum absolute atomic E-state index is 12.1. The zero-order valence-electron chi connectivity index (χ0n) is 10.8. The van der Waals surface area contributed by atoms with Crippen LogP contribution in [0.4, 0.5) is 5.69 Å². The smallest absolute Gasteiger partial charge is 0.241 e. The van der Waals surface area contributed by atoms with Gasteiger partial charge in [-0.15, -0.1) is 0 Å². The van der Waals surface area contributed by atoms with E-state index in [1.807, 2.05) is 18.2 Å². The first-order valence-corrected chi connectivity index (χ1v) is 6.77. The minimum Gasteiger partial charge on any atom is -0.486 e. The number of nitrogens with one attached hydrogen (secondary N) is 2. The number of amides is 1. The first-order chi connectivity index (χ1) is 9.33. The molecule has 3 rings (SSSR count). The number of anilines is 1. The Kier molecular flexibility index (Phi) is 3.55. The maximum Gasteiger partial charge on any atom is 0.241 e. The van der Waals surface area contributed by atoms with Gasteiger partial charge in [-0.2, -0.15) is 0 Å². The van der Waals surface area contributed by atoms with Crippen molar-refractivity contribution < 1.29 is 14.3 Å². The van der Waals surface area contributed by atoms with Gasteiger partial charge in [0.25, 0.3) is 0 Å². The van der Waals surface area contributed by atoms with Crippen molar-refractivity contribution in [3.05, 3.63) is 18.2 Å². The fraction of sp³-hybridized carbons (Fsp3) is 0.500. The van der Waals surface area contributed by atoms with Crippen LogP contribution in [0.5, 0.6) is 11.5 Å². The Bertz CT molecular complexity index is 470. The molecular formula is C14H18N2O3. The van der Waals surface area contributed by atoms with Gasteiger partial charge in [-0.1, -0.05) is 6.42 Å². The molecule has 0 bridgehead atoms. The number of piperidine rings is 1. The number of hydrogen-bond donors (Lipinski definition) is 2. The summed E-state index contributed by atoms with van der Waals surface area (Å²) >= 11 is 0. The van der Waals surface area contributed by atoms with Gasteiger partial charge in [-0.3, -0.25) is 4.79 Å². The number of carbonyl (C=O) groups is 1. The molecule has 1 saturated heterocycles. The van der Waals surface area contributed by atoms with E-state index in [1.54, 1.807) is 0 Å². The highest BCUT2D eigenvalue weighted by Gasteiger charge is 2.21. The van der Waals surface area contributed by atoms with Crippen molar-refractivity contribution >= 4 is 11.6 Å². The Morgan fingerprint density at radius 1 is 1.21 bits per heavy atom. The Hall–Kier alpha value is -1.75. The van der Waals surface area contributed by atoms with Crippen LogP contribution in [-0.2, 0) is 4.79 Å². The molecule has 0 saturated carbocycles. The summed E-state index contributed by atoms with van der Waals surface area (Å²) in [6, 6.07) is 5.41. The second kappa shape index (κ2) is 5.48. The molecule has 0 aromatic heterocycles. The molecule has 102 valence electrons. The normalized spacial score (nSPS) is 21.8. The third kappa shape index (κ3) is 2.81. The predicted octanol–water partition coefficient (Wildman–Crippen LogP) is 1.54. The summed E-state index contributed by atoms with van der Waals surface area (Å²) in [7, 11) is 0. The summed E-state index contributed by atoms with van der Waals surface area (Å²) in [5.74, 6) is 1.46. The van der Waals surface area contributed by atoms with Crippen LogP contribution < -0.4 is 20.1 Å². The molecule has 2 aliphatic heterocycles. The second-order valence-corrected chi connectivity index (χ2v) is 4.85. The van der Waals surface area contributed by atoms with Crippen LogP contribution in [0.3, 0.4) is 0 Å². The fourth-order valence-corrected chi connectivity index (χ4v) is 2.43. The monoisotopic (exact) mass is 262 g/mol. The lowest BCUT2D eigenvalue weighted by molar-refractivity contribution is -0.118. The Labute approximate surface area is 112 Å². The number of fused-ring (bicyclic) bond motifs is 1. The van der Waals surface area contributed by atoms with Gasteiger partial charge >= 0.3 is 0 Å². The lowest BCUT2D eigenvalue weighted by Gasteiger charge is -2.23. The van der Waals surface area contributed by atoms with Crippen molar-refractivity contribution in [1.29, 1.82) is 0 Å². The molecule has 2 N–H and O–H groups in total. The van der Waals surface area contributed by atoms with Gasteiger partial charge in [-0.25, -0.2) is 0 Å². The van der Waals surface area contributed by atoms with Crippen molar-refractivity contribution in [2.45, 2.75) is 25.3 Å². The highest BCUT2D eigenvalue weighted by Crippen LogP contribution is 2.32. The summed E-state index contributed by atoms with van der Waals surface area (Å²) in [5.41, 5.74) is 0.752. The molecule has 2 aliphatic rings. The van der Waals surface area contributed by atoms with Gasteiger partial charge in [0.2, 0.25) is 5.91 Å². The lowest BCUT2D eigenvalue weighted by Crippen LogP contribution is -2.43. The van der Waals surface area contributed by atoms with Crippen LogP contribution in [0.2, 0.25) is 0 Å².